The molecule has 0 saturated heterocycles. The van der Waals surface area contributed by atoms with Gasteiger partial charge in [0.2, 0.25) is 0 Å². The Morgan fingerprint density at radius 3 is 2.50 bits per heavy atom. The van der Waals surface area contributed by atoms with E-state index in [2.05, 4.69) is 13.8 Å². The van der Waals surface area contributed by atoms with Crippen LogP contribution in [0.25, 0.3) is 0 Å². The summed E-state index contributed by atoms with van der Waals surface area (Å²) in [5, 5.41) is 10.2. The van der Waals surface area contributed by atoms with Gasteiger partial charge < -0.3 is 5.11 Å². The fourth-order valence-corrected chi connectivity index (χ4v) is 9.39. The minimum atomic E-state index is 0.00427. The van der Waals surface area contributed by atoms with Crippen LogP contribution in [-0.4, -0.2) is 11.2 Å². The first-order valence-corrected chi connectivity index (χ1v) is 11.2. The quantitative estimate of drug-likeness (QED) is 0.594. The Morgan fingerprint density at radius 2 is 1.62 bits per heavy atom. The molecule has 1 spiro atoms. The molecule has 5 aliphatic carbocycles. The van der Waals surface area contributed by atoms with E-state index >= 15 is 0 Å². The fraction of sp³-hybridized carbons (Fsp3) is 1.00. The summed E-state index contributed by atoms with van der Waals surface area (Å²) >= 11 is 0. The van der Waals surface area contributed by atoms with Gasteiger partial charge in [0.1, 0.15) is 0 Å². The molecule has 5 aliphatic rings. The van der Waals surface area contributed by atoms with Crippen molar-refractivity contribution in [2.75, 3.05) is 0 Å². The minimum Gasteiger partial charge on any atom is -0.393 e. The van der Waals surface area contributed by atoms with Crippen LogP contribution in [0.15, 0.2) is 0 Å². The minimum absolute atomic E-state index is 0.00427. The summed E-state index contributed by atoms with van der Waals surface area (Å²) in [6.07, 6.45) is 17.2. The van der Waals surface area contributed by atoms with E-state index in [-0.39, 0.29) is 6.10 Å². The molecule has 136 valence electrons. The van der Waals surface area contributed by atoms with E-state index < -0.39 is 0 Å². The lowest BCUT2D eigenvalue weighted by atomic mass is 9.43. The number of hydrogen-bond acceptors (Lipinski definition) is 1. The Morgan fingerprint density at radius 1 is 0.792 bits per heavy atom. The highest BCUT2D eigenvalue weighted by atomic mass is 16.3. The van der Waals surface area contributed by atoms with Gasteiger partial charge in [0.25, 0.3) is 0 Å². The Balaban J connectivity index is 1.45. The van der Waals surface area contributed by atoms with Crippen molar-refractivity contribution in [2.24, 2.45) is 46.3 Å². The summed E-state index contributed by atoms with van der Waals surface area (Å²) in [6.45, 7) is 5.20. The molecule has 1 heteroatoms. The van der Waals surface area contributed by atoms with E-state index in [9.17, 15) is 5.11 Å². The van der Waals surface area contributed by atoms with Crippen molar-refractivity contribution in [1.29, 1.82) is 0 Å². The van der Waals surface area contributed by atoms with Crippen LogP contribution >= 0.6 is 0 Å². The molecule has 0 aliphatic heterocycles. The molecule has 0 radical (unpaired) electrons. The smallest absolute Gasteiger partial charge is 0.0543 e. The first-order valence-electron chi connectivity index (χ1n) is 11.2. The lowest BCUT2D eigenvalue weighted by molar-refractivity contribution is -0.140. The Labute approximate surface area is 149 Å². The summed E-state index contributed by atoms with van der Waals surface area (Å²) in [5.41, 5.74) is 1.32. The monoisotopic (exact) mass is 330 g/mol. The zero-order valence-electron chi connectivity index (χ0n) is 16.0. The maximum atomic E-state index is 10.2. The third-order valence-electron chi connectivity index (χ3n) is 10.4. The highest BCUT2D eigenvalue weighted by Gasteiger charge is 2.62. The van der Waals surface area contributed by atoms with Crippen LogP contribution < -0.4 is 0 Å². The third kappa shape index (κ3) is 2.03. The first-order chi connectivity index (χ1) is 11.5. The second-order valence-electron chi connectivity index (χ2n) is 10.9. The molecule has 5 saturated carbocycles. The number of rotatable bonds is 0. The number of hydrogen-bond donors (Lipinski definition) is 1. The van der Waals surface area contributed by atoms with Crippen LogP contribution in [0.2, 0.25) is 0 Å². The Bertz CT molecular complexity index is 500. The largest absolute Gasteiger partial charge is 0.393 e. The van der Waals surface area contributed by atoms with E-state index in [1.54, 1.807) is 25.7 Å². The van der Waals surface area contributed by atoms with Crippen LogP contribution in [0.5, 0.6) is 0 Å². The molecule has 1 nitrogen and oxygen atoms in total. The standard InChI is InChI=1S/C23H38O/c1-15-4-3-11-23-13-10-20-18(21(23)8-7-19(15)23)6-5-16-14-17(24)9-12-22(16,20)2/h15-21,24H,3-14H2,1-2H3/t15-,16+,17-,18?,19-,20?,21?,22+,23-/m1/s1. The molecule has 0 aromatic rings. The molecule has 9 atom stereocenters. The molecule has 0 heterocycles. The fourth-order valence-electron chi connectivity index (χ4n) is 9.39. The van der Waals surface area contributed by atoms with Crippen molar-refractivity contribution in [1.82, 2.24) is 0 Å². The van der Waals surface area contributed by atoms with Gasteiger partial charge >= 0.3 is 0 Å². The summed E-state index contributed by atoms with van der Waals surface area (Å²) in [5.74, 6) is 5.96. The number of fused-ring (bicyclic) bond motifs is 4. The average molecular weight is 331 g/mol. The maximum absolute atomic E-state index is 10.2. The van der Waals surface area contributed by atoms with Gasteiger partial charge in [-0.25, -0.2) is 0 Å². The van der Waals surface area contributed by atoms with Crippen LogP contribution in [0.3, 0.4) is 0 Å². The molecule has 3 unspecified atom stereocenters. The lowest BCUT2D eigenvalue weighted by Crippen LogP contribution is -2.55. The molecule has 5 fully saturated rings. The van der Waals surface area contributed by atoms with E-state index in [0.717, 1.165) is 53.8 Å². The summed E-state index contributed by atoms with van der Waals surface area (Å²) < 4.78 is 0. The van der Waals surface area contributed by atoms with Gasteiger partial charge in [-0.1, -0.05) is 26.7 Å². The van der Waals surface area contributed by atoms with Crippen molar-refractivity contribution in [3.8, 4) is 0 Å². The predicted octanol–water partition coefficient (Wildman–Crippen LogP) is 5.81. The molecule has 0 bridgehead atoms. The Hall–Kier alpha value is -0.0400. The van der Waals surface area contributed by atoms with E-state index in [1.165, 1.54) is 38.5 Å². The van der Waals surface area contributed by atoms with Gasteiger partial charge in [-0.2, -0.15) is 0 Å². The normalized spacial score (nSPS) is 59.9. The summed E-state index contributed by atoms with van der Waals surface area (Å²) in [6, 6.07) is 0. The maximum Gasteiger partial charge on any atom is 0.0543 e. The van der Waals surface area contributed by atoms with E-state index in [4.69, 9.17) is 0 Å². The summed E-state index contributed by atoms with van der Waals surface area (Å²) in [7, 11) is 0. The average Bonchev–Trinajstić information content (AvgIpc) is 2.96. The van der Waals surface area contributed by atoms with Crippen molar-refractivity contribution in [2.45, 2.75) is 97.0 Å². The van der Waals surface area contributed by atoms with E-state index in [1.807, 2.05) is 0 Å². The highest BCUT2D eigenvalue weighted by Crippen LogP contribution is 2.70. The van der Waals surface area contributed by atoms with E-state index in [0.29, 0.717) is 5.41 Å². The van der Waals surface area contributed by atoms with Crippen molar-refractivity contribution < 1.29 is 5.11 Å². The second-order valence-corrected chi connectivity index (χ2v) is 10.9. The molecule has 24 heavy (non-hydrogen) atoms. The zero-order chi connectivity index (χ0) is 16.5. The van der Waals surface area contributed by atoms with Crippen LogP contribution in [0.4, 0.5) is 0 Å². The van der Waals surface area contributed by atoms with Gasteiger partial charge in [-0.3, -0.25) is 0 Å². The Kier molecular flexibility index (Phi) is 3.69. The van der Waals surface area contributed by atoms with Crippen LogP contribution in [-0.2, 0) is 0 Å². The molecule has 0 aromatic carbocycles. The zero-order valence-corrected chi connectivity index (χ0v) is 16.0. The SMILES string of the molecule is C[C@@H]1CCC[C@]23CCC4C(CC[C@H]5C[C@H](O)CC[C@]45C)C2CC[C@H]13. The van der Waals surface area contributed by atoms with Gasteiger partial charge in [0.05, 0.1) is 6.10 Å². The van der Waals surface area contributed by atoms with Crippen molar-refractivity contribution in [3.05, 3.63) is 0 Å². The second kappa shape index (κ2) is 5.48. The van der Waals surface area contributed by atoms with Crippen LogP contribution in [0, 0.1) is 46.3 Å². The molecular weight excluding hydrogens is 292 g/mol. The molecular formula is C23H38O. The lowest BCUT2D eigenvalue weighted by Gasteiger charge is -2.62. The highest BCUT2D eigenvalue weighted by molar-refractivity contribution is 5.11. The number of aliphatic hydroxyl groups excluding tert-OH is 1. The molecule has 5 rings (SSSR count). The molecule has 1 N–H and O–H groups in total. The third-order valence-corrected chi connectivity index (χ3v) is 10.4. The van der Waals surface area contributed by atoms with Crippen LogP contribution in [0.1, 0.15) is 90.9 Å². The topological polar surface area (TPSA) is 20.2 Å². The number of aliphatic hydroxyl groups is 1. The first kappa shape index (κ1) is 16.2. The van der Waals surface area contributed by atoms with Gasteiger partial charge in [-0.15, -0.1) is 0 Å². The summed E-state index contributed by atoms with van der Waals surface area (Å²) in [4.78, 5) is 0. The van der Waals surface area contributed by atoms with Gasteiger partial charge in [0, 0.05) is 0 Å². The predicted molar refractivity (Wildman–Crippen MR) is 98.6 cm³/mol. The van der Waals surface area contributed by atoms with Crippen molar-refractivity contribution in [3.63, 3.8) is 0 Å². The van der Waals surface area contributed by atoms with Crippen molar-refractivity contribution >= 4 is 0 Å². The van der Waals surface area contributed by atoms with Gasteiger partial charge in [-0.05, 0) is 111 Å². The van der Waals surface area contributed by atoms with Gasteiger partial charge in [0.15, 0.2) is 0 Å². The molecule has 0 amide bonds. The molecule has 0 aromatic heterocycles.